The van der Waals surface area contributed by atoms with E-state index in [-0.39, 0.29) is 0 Å². The number of hydrogen-bond donors (Lipinski definition) is 0. The molecule has 0 aliphatic rings. The molecule has 0 amide bonds. The van der Waals surface area contributed by atoms with Crippen LogP contribution < -0.4 is 4.90 Å². The van der Waals surface area contributed by atoms with Crippen molar-refractivity contribution in [2.45, 2.75) is 32.7 Å². The van der Waals surface area contributed by atoms with Crippen LogP contribution in [0.25, 0.3) is 22.5 Å². The van der Waals surface area contributed by atoms with Crippen LogP contribution in [0.2, 0.25) is 0 Å². The van der Waals surface area contributed by atoms with Crippen molar-refractivity contribution >= 4 is 5.82 Å². The molecule has 0 fully saturated rings. The van der Waals surface area contributed by atoms with Crippen molar-refractivity contribution in [3.05, 3.63) is 66.9 Å². The Morgan fingerprint density at radius 2 is 1.46 bits per heavy atom. The first-order valence-corrected chi connectivity index (χ1v) is 9.94. The molecule has 4 heteroatoms. The summed E-state index contributed by atoms with van der Waals surface area (Å²) in [6.45, 7) is 6.13. The second kappa shape index (κ2) is 10.00. The summed E-state index contributed by atoms with van der Waals surface area (Å²) in [5.41, 5.74) is 4.00. The number of methoxy groups -OCH3 is 1. The third-order valence-electron chi connectivity index (χ3n) is 4.77. The first kappa shape index (κ1) is 20.0. The average Bonchev–Trinajstić information content (AvgIpc) is 2.74. The zero-order valence-corrected chi connectivity index (χ0v) is 17.0. The Kier molecular flexibility index (Phi) is 7.15. The number of hydrogen-bond acceptors (Lipinski definition) is 4. The van der Waals surface area contributed by atoms with E-state index < -0.39 is 0 Å². The van der Waals surface area contributed by atoms with Gasteiger partial charge in [0.2, 0.25) is 0 Å². The molecule has 1 aromatic heterocycles. The number of ether oxygens (including phenoxy) is 1. The lowest BCUT2D eigenvalue weighted by atomic mass is 10.0. The quantitative estimate of drug-likeness (QED) is 0.466. The van der Waals surface area contributed by atoms with Crippen LogP contribution in [0.5, 0.6) is 0 Å². The molecule has 1 heterocycles. The van der Waals surface area contributed by atoms with Crippen LogP contribution in [0.1, 0.15) is 26.7 Å². The zero-order chi connectivity index (χ0) is 19.8. The van der Waals surface area contributed by atoms with Gasteiger partial charge in [0, 0.05) is 37.4 Å². The Morgan fingerprint density at radius 1 is 0.857 bits per heavy atom. The molecule has 0 radical (unpaired) electrons. The molecule has 0 spiro atoms. The molecule has 0 saturated heterocycles. The third-order valence-corrected chi connectivity index (χ3v) is 4.77. The Bertz CT molecular complexity index is 850. The monoisotopic (exact) mass is 375 g/mol. The van der Waals surface area contributed by atoms with Crippen molar-refractivity contribution in [3.63, 3.8) is 0 Å². The van der Waals surface area contributed by atoms with E-state index in [1.807, 2.05) is 42.6 Å². The lowest BCUT2D eigenvalue weighted by Gasteiger charge is -2.28. The zero-order valence-electron chi connectivity index (χ0n) is 17.0. The van der Waals surface area contributed by atoms with E-state index in [0.717, 1.165) is 54.3 Å². The fourth-order valence-corrected chi connectivity index (χ4v) is 3.29. The van der Waals surface area contributed by atoms with Gasteiger partial charge in [0.25, 0.3) is 0 Å². The summed E-state index contributed by atoms with van der Waals surface area (Å²) >= 11 is 0. The maximum absolute atomic E-state index is 5.19. The number of aromatic nitrogens is 2. The van der Waals surface area contributed by atoms with E-state index in [9.17, 15) is 0 Å². The van der Waals surface area contributed by atoms with E-state index in [4.69, 9.17) is 14.7 Å². The minimum atomic E-state index is 0.350. The van der Waals surface area contributed by atoms with Gasteiger partial charge in [0.1, 0.15) is 5.82 Å². The molecular formula is C24H29N3O. The molecule has 0 N–H and O–H groups in total. The van der Waals surface area contributed by atoms with Crippen molar-refractivity contribution in [2.75, 3.05) is 25.2 Å². The Hall–Kier alpha value is -2.72. The third kappa shape index (κ3) is 4.96. The number of rotatable bonds is 9. The molecule has 2 aromatic carbocycles. The normalized spacial score (nSPS) is 11.0. The number of nitrogens with zero attached hydrogens (tertiary/aromatic N) is 3. The van der Waals surface area contributed by atoms with Gasteiger partial charge in [-0.2, -0.15) is 0 Å². The molecule has 0 aliphatic carbocycles. The van der Waals surface area contributed by atoms with Crippen molar-refractivity contribution < 1.29 is 4.74 Å². The second-order valence-corrected chi connectivity index (χ2v) is 7.14. The highest BCUT2D eigenvalue weighted by Gasteiger charge is 2.17. The second-order valence-electron chi connectivity index (χ2n) is 7.14. The first-order valence-electron chi connectivity index (χ1n) is 9.94. The van der Waals surface area contributed by atoms with E-state index >= 15 is 0 Å². The summed E-state index contributed by atoms with van der Waals surface area (Å²) in [6.07, 6.45) is 4.01. The number of benzene rings is 2. The van der Waals surface area contributed by atoms with Gasteiger partial charge in [0.15, 0.2) is 0 Å². The minimum absolute atomic E-state index is 0.350. The van der Waals surface area contributed by atoms with Gasteiger partial charge in [-0.25, -0.2) is 4.98 Å². The van der Waals surface area contributed by atoms with Gasteiger partial charge in [-0.05, 0) is 26.7 Å². The fourth-order valence-electron chi connectivity index (χ4n) is 3.29. The predicted octanol–water partition coefficient (Wildman–Crippen LogP) is 5.45. The molecule has 4 nitrogen and oxygen atoms in total. The van der Waals surface area contributed by atoms with Gasteiger partial charge in [-0.1, -0.05) is 60.7 Å². The highest BCUT2D eigenvalue weighted by atomic mass is 16.5. The standard InChI is InChI=1S/C24H29N3O/c1-19(2)27(16-10-11-17-28-3)22-18-25-23(20-12-6-4-7-13-20)24(26-22)21-14-8-5-9-15-21/h4-9,12-15,18-19H,10-11,16-17H2,1-3H3. The van der Waals surface area contributed by atoms with Crippen molar-refractivity contribution in [3.8, 4) is 22.5 Å². The smallest absolute Gasteiger partial charge is 0.148 e. The van der Waals surface area contributed by atoms with Crippen molar-refractivity contribution in [1.29, 1.82) is 0 Å². The fraction of sp³-hybridized carbons (Fsp3) is 0.333. The van der Waals surface area contributed by atoms with Crippen LogP contribution in [-0.2, 0) is 4.74 Å². The van der Waals surface area contributed by atoms with Gasteiger partial charge in [-0.3, -0.25) is 4.98 Å². The van der Waals surface area contributed by atoms with E-state index in [2.05, 4.69) is 43.0 Å². The van der Waals surface area contributed by atoms with Gasteiger partial charge >= 0.3 is 0 Å². The minimum Gasteiger partial charge on any atom is -0.385 e. The first-order chi connectivity index (χ1) is 13.7. The highest BCUT2D eigenvalue weighted by molar-refractivity contribution is 5.78. The summed E-state index contributed by atoms with van der Waals surface area (Å²) < 4.78 is 5.19. The predicted molar refractivity (Wildman–Crippen MR) is 116 cm³/mol. The summed E-state index contributed by atoms with van der Waals surface area (Å²) in [7, 11) is 1.75. The Balaban J connectivity index is 1.99. The average molecular weight is 376 g/mol. The maximum atomic E-state index is 5.19. The van der Waals surface area contributed by atoms with Crippen LogP contribution >= 0.6 is 0 Å². The Morgan fingerprint density at radius 3 is 2.04 bits per heavy atom. The summed E-state index contributed by atoms with van der Waals surface area (Å²) in [6, 6.07) is 20.9. The molecule has 3 rings (SSSR count). The lowest BCUT2D eigenvalue weighted by Crippen LogP contribution is -2.33. The summed E-state index contributed by atoms with van der Waals surface area (Å²) in [5.74, 6) is 0.922. The van der Waals surface area contributed by atoms with E-state index in [1.165, 1.54) is 0 Å². The SMILES string of the molecule is COCCCCN(c1cnc(-c2ccccc2)c(-c2ccccc2)n1)C(C)C. The largest absolute Gasteiger partial charge is 0.385 e. The van der Waals surface area contributed by atoms with Crippen LogP contribution in [-0.4, -0.2) is 36.3 Å². The molecule has 0 unspecified atom stereocenters. The topological polar surface area (TPSA) is 38.2 Å². The molecule has 146 valence electrons. The van der Waals surface area contributed by atoms with Crippen LogP contribution in [0, 0.1) is 0 Å². The van der Waals surface area contributed by atoms with Gasteiger partial charge in [-0.15, -0.1) is 0 Å². The molecule has 0 aliphatic heterocycles. The lowest BCUT2D eigenvalue weighted by molar-refractivity contribution is 0.193. The van der Waals surface area contributed by atoms with E-state index in [1.54, 1.807) is 7.11 Å². The van der Waals surface area contributed by atoms with Gasteiger partial charge in [0.05, 0.1) is 17.6 Å². The number of anilines is 1. The van der Waals surface area contributed by atoms with Crippen LogP contribution in [0.15, 0.2) is 66.9 Å². The summed E-state index contributed by atoms with van der Waals surface area (Å²) in [5, 5.41) is 0. The Labute approximate surface area is 168 Å². The van der Waals surface area contributed by atoms with Crippen molar-refractivity contribution in [1.82, 2.24) is 9.97 Å². The highest BCUT2D eigenvalue weighted by Crippen LogP contribution is 2.30. The summed E-state index contributed by atoms with van der Waals surface area (Å²) in [4.78, 5) is 12.2. The maximum Gasteiger partial charge on any atom is 0.148 e. The molecule has 0 atom stereocenters. The van der Waals surface area contributed by atoms with Gasteiger partial charge < -0.3 is 9.64 Å². The molecule has 3 aromatic rings. The van der Waals surface area contributed by atoms with Crippen LogP contribution in [0.3, 0.4) is 0 Å². The van der Waals surface area contributed by atoms with Crippen LogP contribution in [0.4, 0.5) is 5.82 Å². The van der Waals surface area contributed by atoms with Crippen molar-refractivity contribution in [2.24, 2.45) is 0 Å². The molecular weight excluding hydrogens is 346 g/mol. The number of unbranched alkanes of at least 4 members (excludes halogenated alkanes) is 1. The van der Waals surface area contributed by atoms with E-state index in [0.29, 0.717) is 6.04 Å². The molecule has 0 bridgehead atoms. The molecule has 28 heavy (non-hydrogen) atoms. The molecule has 0 saturated carbocycles.